The van der Waals surface area contributed by atoms with Crippen LogP contribution in [-0.4, -0.2) is 60.5 Å². The lowest BCUT2D eigenvalue weighted by atomic mass is 10.2. The highest BCUT2D eigenvalue weighted by molar-refractivity contribution is 5.77. The van der Waals surface area contributed by atoms with E-state index < -0.39 is 4.92 Å². The van der Waals surface area contributed by atoms with Gasteiger partial charge in [-0.2, -0.15) is 0 Å². The number of pyridine rings is 1. The summed E-state index contributed by atoms with van der Waals surface area (Å²) in [6.45, 7) is 3.71. The van der Waals surface area contributed by atoms with Gasteiger partial charge in [-0.3, -0.25) is 14.9 Å². The molecule has 1 saturated heterocycles. The Morgan fingerprint density at radius 2 is 1.96 bits per heavy atom. The molecule has 0 atom stereocenters. The number of piperazine rings is 1. The maximum Gasteiger partial charge on any atom is 0.310 e. The summed E-state index contributed by atoms with van der Waals surface area (Å²) in [6, 6.07) is 9.75. The largest absolute Gasteiger partial charge is 0.477 e. The summed E-state index contributed by atoms with van der Waals surface area (Å²) in [6.07, 6.45) is 1.75. The number of amides is 1. The molecule has 1 aromatic heterocycles. The monoisotopic (exact) mass is 385 g/mol. The van der Waals surface area contributed by atoms with Crippen molar-refractivity contribution < 1.29 is 14.5 Å². The molecule has 9 heteroatoms. The zero-order valence-corrected chi connectivity index (χ0v) is 15.7. The van der Waals surface area contributed by atoms with Crippen molar-refractivity contribution in [1.82, 2.24) is 15.2 Å². The molecule has 0 radical (unpaired) electrons. The maximum atomic E-state index is 12.2. The summed E-state index contributed by atoms with van der Waals surface area (Å²) in [5.74, 6) is 0.587. The lowest BCUT2D eigenvalue weighted by Crippen LogP contribution is -2.45. The number of benzene rings is 1. The number of hydrogen-bond donors (Lipinski definition) is 1. The molecule has 1 aliphatic rings. The van der Waals surface area contributed by atoms with Gasteiger partial charge in [0.25, 0.3) is 5.91 Å². The Balaban J connectivity index is 1.56. The van der Waals surface area contributed by atoms with Gasteiger partial charge in [-0.05, 0) is 19.2 Å². The van der Waals surface area contributed by atoms with E-state index >= 15 is 0 Å². The predicted octanol–water partition coefficient (Wildman–Crippen LogP) is 1.44. The van der Waals surface area contributed by atoms with Crippen LogP contribution < -0.4 is 15.0 Å². The van der Waals surface area contributed by atoms with Gasteiger partial charge in [-0.15, -0.1) is 0 Å². The minimum Gasteiger partial charge on any atom is -0.477 e. The van der Waals surface area contributed by atoms with Crippen LogP contribution in [0.5, 0.6) is 5.75 Å². The van der Waals surface area contributed by atoms with Gasteiger partial charge >= 0.3 is 5.69 Å². The Kier molecular flexibility index (Phi) is 6.38. The molecule has 9 nitrogen and oxygen atoms in total. The number of nitro benzene ring substituents is 1. The van der Waals surface area contributed by atoms with Crippen LogP contribution in [0.1, 0.15) is 5.56 Å². The highest BCUT2D eigenvalue weighted by Gasteiger charge is 2.19. The zero-order chi connectivity index (χ0) is 19.9. The van der Waals surface area contributed by atoms with Gasteiger partial charge < -0.3 is 19.9 Å². The highest BCUT2D eigenvalue weighted by Crippen LogP contribution is 2.25. The molecule has 2 heterocycles. The summed E-state index contributed by atoms with van der Waals surface area (Å²) >= 11 is 0. The fraction of sp³-hybridized carbons (Fsp3) is 0.368. The molecule has 1 N–H and O–H groups in total. The first-order chi connectivity index (χ1) is 13.5. The molecule has 148 valence electrons. The third-order valence-electron chi connectivity index (χ3n) is 4.57. The van der Waals surface area contributed by atoms with Crippen molar-refractivity contribution in [3.63, 3.8) is 0 Å². The Labute approximate surface area is 163 Å². The number of hydrogen-bond acceptors (Lipinski definition) is 7. The Morgan fingerprint density at radius 3 is 2.71 bits per heavy atom. The van der Waals surface area contributed by atoms with Crippen LogP contribution in [0.25, 0.3) is 0 Å². The number of nitro groups is 1. The number of ether oxygens (including phenoxy) is 1. The predicted molar refractivity (Wildman–Crippen MR) is 104 cm³/mol. The molecular formula is C19H23N5O4. The van der Waals surface area contributed by atoms with E-state index in [-0.39, 0.29) is 24.0 Å². The average Bonchev–Trinajstić information content (AvgIpc) is 2.71. The second-order valence-electron chi connectivity index (χ2n) is 6.57. The van der Waals surface area contributed by atoms with Crippen LogP contribution in [0.4, 0.5) is 11.5 Å². The van der Waals surface area contributed by atoms with E-state index in [1.165, 1.54) is 12.1 Å². The molecule has 1 aliphatic heterocycles. The van der Waals surface area contributed by atoms with Crippen molar-refractivity contribution in [1.29, 1.82) is 0 Å². The summed E-state index contributed by atoms with van der Waals surface area (Å²) in [7, 11) is 2.09. The highest BCUT2D eigenvalue weighted by atomic mass is 16.6. The number of para-hydroxylation sites is 2. The molecule has 0 spiro atoms. The minimum atomic E-state index is -0.537. The molecule has 1 amide bonds. The van der Waals surface area contributed by atoms with Crippen LogP contribution >= 0.6 is 0 Å². The van der Waals surface area contributed by atoms with E-state index in [2.05, 4.69) is 27.1 Å². The summed E-state index contributed by atoms with van der Waals surface area (Å²) in [5.41, 5.74) is 0.756. The van der Waals surface area contributed by atoms with Crippen LogP contribution in [0.15, 0.2) is 42.6 Å². The molecule has 0 unspecified atom stereocenters. The summed E-state index contributed by atoms with van der Waals surface area (Å²) < 4.78 is 5.32. The number of nitrogens with one attached hydrogen (secondary N) is 1. The fourth-order valence-electron chi connectivity index (χ4n) is 2.99. The Hall–Kier alpha value is -3.20. The van der Waals surface area contributed by atoms with Gasteiger partial charge in [-0.1, -0.05) is 18.2 Å². The van der Waals surface area contributed by atoms with Gasteiger partial charge in [0.1, 0.15) is 5.82 Å². The number of rotatable bonds is 7. The van der Waals surface area contributed by atoms with Gasteiger partial charge in [0.15, 0.2) is 12.4 Å². The van der Waals surface area contributed by atoms with Gasteiger partial charge in [0.05, 0.1) is 4.92 Å². The van der Waals surface area contributed by atoms with E-state index in [9.17, 15) is 14.9 Å². The van der Waals surface area contributed by atoms with Gasteiger partial charge in [0.2, 0.25) is 0 Å². The lowest BCUT2D eigenvalue weighted by Gasteiger charge is -2.34. The van der Waals surface area contributed by atoms with E-state index in [4.69, 9.17) is 4.74 Å². The first-order valence-corrected chi connectivity index (χ1v) is 9.05. The molecule has 1 aromatic carbocycles. The van der Waals surface area contributed by atoms with E-state index in [0.717, 1.165) is 37.6 Å². The van der Waals surface area contributed by atoms with Crippen LogP contribution in [0.3, 0.4) is 0 Å². The van der Waals surface area contributed by atoms with Crippen LogP contribution in [0.2, 0.25) is 0 Å². The maximum absolute atomic E-state index is 12.2. The van der Waals surface area contributed by atoms with Gasteiger partial charge in [-0.25, -0.2) is 4.98 Å². The second kappa shape index (κ2) is 9.14. The fourth-order valence-corrected chi connectivity index (χ4v) is 2.99. The molecule has 2 aromatic rings. The van der Waals surface area contributed by atoms with Crippen molar-refractivity contribution in [2.24, 2.45) is 0 Å². The van der Waals surface area contributed by atoms with Gasteiger partial charge in [0, 0.05) is 50.6 Å². The molecule has 0 aliphatic carbocycles. The number of carbonyl (C=O) groups is 1. The Bertz CT molecular complexity index is 837. The van der Waals surface area contributed by atoms with Crippen LogP contribution in [0, 0.1) is 10.1 Å². The number of carbonyl (C=O) groups excluding carboxylic acids is 1. The first kappa shape index (κ1) is 19.6. The summed E-state index contributed by atoms with van der Waals surface area (Å²) in [4.78, 5) is 31.6. The molecule has 0 bridgehead atoms. The second-order valence-corrected chi connectivity index (χ2v) is 6.57. The van der Waals surface area contributed by atoms with Crippen molar-refractivity contribution in [2.45, 2.75) is 6.54 Å². The Morgan fingerprint density at radius 1 is 1.21 bits per heavy atom. The minimum absolute atomic E-state index is 0.0714. The van der Waals surface area contributed by atoms with Crippen molar-refractivity contribution >= 4 is 17.4 Å². The normalized spacial score (nSPS) is 14.5. The molecule has 3 rings (SSSR count). The molecule has 28 heavy (non-hydrogen) atoms. The topological polar surface area (TPSA) is 101 Å². The standard InChI is InChI=1S/C19H23N5O4/c1-22-9-11-23(12-10-22)19-15(5-4-8-20-19)13-21-18(25)14-28-17-7-3-2-6-16(17)24(26)27/h2-8H,9-14H2,1H3,(H,21,25). The van der Waals surface area contributed by atoms with E-state index in [0.29, 0.717) is 6.54 Å². The summed E-state index contributed by atoms with van der Waals surface area (Å²) in [5, 5.41) is 13.8. The van der Waals surface area contributed by atoms with E-state index in [1.807, 2.05) is 12.1 Å². The third-order valence-corrected chi connectivity index (χ3v) is 4.57. The zero-order valence-electron chi connectivity index (χ0n) is 15.7. The first-order valence-electron chi connectivity index (χ1n) is 9.05. The number of aromatic nitrogens is 1. The quantitative estimate of drug-likeness (QED) is 0.568. The number of likely N-dealkylation sites (N-methyl/N-ethyl adjacent to an activating group) is 1. The molecular weight excluding hydrogens is 362 g/mol. The third kappa shape index (κ3) is 4.95. The van der Waals surface area contributed by atoms with Crippen molar-refractivity contribution in [3.8, 4) is 5.75 Å². The number of nitrogens with zero attached hydrogens (tertiary/aromatic N) is 4. The van der Waals surface area contributed by atoms with Crippen molar-refractivity contribution in [2.75, 3.05) is 44.7 Å². The van der Waals surface area contributed by atoms with Crippen LogP contribution in [-0.2, 0) is 11.3 Å². The number of anilines is 1. The van der Waals surface area contributed by atoms with Crippen molar-refractivity contribution in [3.05, 3.63) is 58.3 Å². The molecule has 1 fully saturated rings. The average molecular weight is 385 g/mol. The SMILES string of the molecule is CN1CCN(c2ncccc2CNC(=O)COc2ccccc2[N+](=O)[O-])CC1. The smallest absolute Gasteiger partial charge is 0.310 e. The van der Waals surface area contributed by atoms with E-state index in [1.54, 1.807) is 18.3 Å². The molecule has 0 saturated carbocycles. The lowest BCUT2D eigenvalue weighted by molar-refractivity contribution is -0.385.